The van der Waals surface area contributed by atoms with Crippen LogP contribution < -0.4 is 0 Å². The lowest BCUT2D eigenvalue weighted by atomic mass is 10.3. The van der Waals surface area contributed by atoms with Gasteiger partial charge in [0.2, 0.25) is 0 Å². The molecule has 0 N–H and O–H groups in total. The molecule has 2 aromatic heterocycles. The molecule has 0 spiro atoms. The summed E-state index contributed by atoms with van der Waals surface area (Å²) in [4.78, 5) is 7.90. The molecule has 28 heavy (non-hydrogen) atoms. The van der Waals surface area contributed by atoms with Crippen molar-refractivity contribution in [3.63, 3.8) is 0 Å². The predicted molar refractivity (Wildman–Crippen MR) is 106 cm³/mol. The Kier molecular flexibility index (Phi) is 12.3. The standard InChI is InChI=1S/2C6H8BrNO.C2H6O6S2/c2*1-5-6(2-3-7)9-4-8-5;1-2(9(3,4)5)10(6,7)8/h2*4H,2-3H2,1H3;2H,1H3,(H,3,4,5)(H,6,7,8)/p-2. The Balaban J connectivity index is 0.000000391. The Labute approximate surface area is 180 Å². The van der Waals surface area contributed by atoms with Gasteiger partial charge in [0.25, 0.3) is 0 Å². The monoisotopic (exact) mass is 566 g/mol. The van der Waals surface area contributed by atoms with E-state index in [1.807, 2.05) is 13.8 Å². The molecule has 2 aromatic rings. The largest absolute Gasteiger partial charge is 0.747 e. The average Bonchev–Trinajstić information content (AvgIpc) is 3.16. The van der Waals surface area contributed by atoms with Crippen molar-refractivity contribution in [2.24, 2.45) is 0 Å². The second kappa shape index (κ2) is 12.7. The fraction of sp³-hybridized carbons (Fsp3) is 0.571. The zero-order valence-corrected chi connectivity index (χ0v) is 20.1. The molecule has 0 amide bonds. The van der Waals surface area contributed by atoms with Gasteiger partial charge in [-0.3, -0.25) is 0 Å². The van der Waals surface area contributed by atoms with E-state index in [4.69, 9.17) is 8.83 Å². The van der Waals surface area contributed by atoms with Crippen molar-refractivity contribution in [3.8, 4) is 0 Å². The van der Waals surface area contributed by atoms with Gasteiger partial charge in [-0.15, -0.1) is 0 Å². The van der Waals surface area contributed by atoms with Gasteiger partial charge < -0.3 is 17.9 Å². The summed E-state index contributed by atoms with van der Waals surface area (Å²) in [7, 11) is -10.0. The van der Waals surface area contributed by atoms with Crippen LogP contribution in [0.5, 0.6) is 0 Å². The maximum atomic E-state index is 9.84. The molecule has 0 bridgehead atoms. The smallest absolute Gasteiger partial charge is 0.181 e. The van der Waals surface area contributed by atoms with Crippen molar-refractivity contribution in [1.29, 1.82) is 0 Å². The maximum Gasteiger partial charge on any atom is 0.181 e. The van der Waals surface area contributed by atoms with Gasteiger partial charge in [0.15, 0.2) is 12.8 Å². The lowest BCUT2D eigenvalue weighted by Gasteiger charge is -2.18. The molecule has 0 saturated heterocycles. The molecule has 0 aliphatic rings. The SMILES string of the molecule is CC(S(=O)(=O)[O-])S(=O)(=O)[O-].Cc1ncoc1CCBr.Cc1ncoc1CCBr. The molecule has 10 nitrogen and oxygen atoms in total. The van der Waals surface area contributed by atoms with E-state index in [1.165, 1.54) is 12.8 Å². The molecule has 0 aromatic carbocycles. The molecule has 0 atom stereocenters. The lowest BCUT2D eigenvalue weighted by Crippen LogP contribution is -2.26. The second-order valence-corrected chi connectivity index (χ2v) is 10.4. The number of nitrogens with zero attached hydrogens (tertiary/aromatic N) is 2. The third-order valence-corrected chi connectivity index (χ3v) is 6.98. The highest BCUT2D eigenvalue weighted by Gasteiger charge is 2.16. The molecule has 162 valence electrons. The summed E-state index contributed by atoms with van der Waals surface area (Å²) >= 11 is 6.63. The molecule has 0 saturated carbocycles. The van der Waals surface area contributed by atoms with E-state index in [1.54, 1.807) is 0 Å². The van der Waals surface area contributed by atoms with E-state index in [-0.39, 0.29) is 0 Å². The molecule has 14 heteroatoms. The first-order chi connectivity index (χ1) is 12.8. The maximum absolute atomic E-state index is 9.84. The van der Waals surface area contributed by atoms with Crippen LogP contribution in [0.25, 0.3) is 0 Å². The highest BCUT2D eigenvalue weighted by atomic mass is 79.9. The van der Waals surface area contributed by atoms with Crippen LogP contribution in [0.2, 0.25) is 0 Å². The number of oxazole rings is 2. The summed E-state index contributed by atoms with van der Waals surface area (Å²) in [6, 6.07) is 0. The Hall–Kier alpha value is -0.800. The quantitative estimate of drug-likeness (QED) is 0.373. The first kappa shape index (κ1) is 27.2. The van der Waals surface area contributed by atoms with Crippen LogP contribution in [0, 0.1) is 13.8 Å². The van der Waals surface area contributed by atoms with Gasteiger partial charge in [0, 0.05) is 23.5 Å². The van der Waals surface area contributed by atoms with Gasteiger partial charge in [-0.1, -0.05) is 31.9 Å². The summed E-state index contributed by atoms with van der Waals surface area (Å²) in [5, 5.41) is 1.87. The van der Waals surface area contributed by atoms with Crippen molar-refractivity contribution in [2.45, 2.75) is 38.2 Å². The summed E-state index contributed by atoms with van der Waals surface area (Å²) in [6.45, 7) is 4.42. The number of aryl methyl sites for hydroxylation is 4. The highest BCUT2D eigenvalue weighted by Crippen LogP contribution is 2.07. The molecular formula is C14H20Br2N2O8S2-2. The van der Waals surface area contributed by atoms with Crippen LogP contribution in [0.3, 0.4) is 0 Å². The van der Waals surface area contributed by atoms with Crippen molar-refractivity contribution in [3.05, 3.63) is 35.7 Å². The second-order valence-electron chi connectivity index (χ2n) is 5.15. The number of aromatic nitrogens is 2. The van der Waals surface area contributed by atoms with E-state index in [0.717, 1.165) is 46.4 Å². The van der Waals surface area contributed by atoms with Crippen LogP contribution in [-0.2, 0) is 33.1 Å². The minimum atomic E-state index is -5.01. The Bertz CT molecular complexity index is 835. The van der Waals surface area contributed by atoms with Crippen molar-refractivity contribution >= 4 is 52.1 Å². The minimum absolute atomic E-state index is 0.532. The summed E-state index contributed by atoms with van der Waals surface area (Å²) in [6.07, 6.45) is 4.80. The summed E-state index contributed by atoms with van der Waals surface area (Å²) in [5.41, 5.74) is 1.99. The van der Waals surface area contributed by atoms with Gasteiger partial charge in [-0.05, 0) is 20.8 Å². The average molecular weight is 568 g/mol. The van der Waals surface area contributed by atoms with E-state index in [9.17, 15) is 25.9 Å². The van der Waals surface area contributed by atoms with E-state index >= 15 is 0 Å². The molecule has 0 fully saturated rings. The zero-order chi connectivity index (χ0) is 22.0. The summed E-state index contributed by atoms with van der Waals surface area (Å²) < 4.78 is 66.8. The minimum Gasteiger partial charge on any atom is -0.747 e. The van der Waals surface area contributed by atoms with Crippen molar-refractivity contribution in [1.82, 2.24) is 9.97 Å². The van der Waals surface area contributed by atoms with Crippen LogP contribution in [0.4, 0.5) is 0 Å². The van der Waals surface area contributed by atoms with Gasteiger partial charge in [-0.25, -0.2) is 26.8 Å². The molecular weight excluding hydrogens is 548 g/mol. The summed E-state index contributed by atoms with van der Waals surface area (Å²) in [5.74, 6) is 1.96. The van der Waals surface area contributed by atoms with Crippen molar-refractivity contribution < 1.29 is 34.8 Å². The molecule has 0 unspecified atom stereocenters. The number of rotatable bonds is 6. The Morgan fingerprint density at radius 1 is 0.893 bits per heavy atom. The fourth-order valence-electron chi connectivity index (χ4n) is 1.45. The first-order valence-electron chi connectivity index (χ1n) is 7.63. The van der Waals surface area contributed by atoms with Gasteiger partial charge in [0.05, 0.1) is 11.4 Å². The predicted octanol–water partition coefficient (Wildman–Crippen LogP) is 2.26. The fourth-order valence-corrected chi connectivity index (χ4v) is 3.32. The van der Waals surface area contributed by atoms with E-state index in [0.29, 0.717) is 6.92 Å². The number of halogens is 2. The third-order valence-electron chi connectivity index (χ3n) is 3.15. The van der Waals surface area contributed by atoms with Gasteiger partial charge in [-0.2, -0.15) is 0 Å². The number of alkyl halides is 2. The van der Waals surface area contributed by atoms with E-state index in [2.05, 4.69) is 41.8 Å². The molecule has 0 radical (unpaired) electrons. The number of hydrogen-bond acceptors (Lipinski definition) is 10. The van der Waals surface area contributed by atoms with Crippen LogP contribution in [0.15, 0.2) is 21.6 Å². The lowest BCUT2D eigenvalue weighted by molar-refractivity contribution is 0.438. The van der Waals surface area contributed by atoms with Crippen molar-refractivity contribution in [2.75, 3.05) is 10.7 Å². The Morgan fingerprint density at radius 3 is 1.36 bits per heavy atom. The molecule has 0 aliphatic carbocycles. The highest BCUT2D eigenvalue weighted by molar-refractivity contribution is 9.09. The molecule has 2 heterocycles. The molecule has 2 rings (SSSR count). The van der Waals surface area contributed by atoms with Crippen LogP contribution >= 0.6 is 31.9 Å². The van der Waals surface area contributed by atoms with E-state index < -0.39 is 24.8 Å². The van der Waals surface area contributed by atoms with Gasteiger partial charge >= 0.3 is 0 Å². The van der Waals surface area contributed by atoms with Crippen LogP contribution in [0.1, 0.15) is 29.8 Å². The van der Waals surface area contributed by atoms with Gasteiger partial charge in [0.1, 0.15) is 36.3 Å². The van der Waals surface area contributed by atoms with Crippen LogP contribution in [-0.4, -0.2) is 51.2 Å². The normalized spacial score (nSPS) is 11.4. The topological polar surface area (TPSA) is 166 Å². The first-order valence-corrected chi connectivity index (χ1v) is 12.8. The third kappa shape index (κ3) is 10.7. The molecule has 0 aliphatic heterocycles. The Morgan fingerprint density at radius 2 is 1.21 bits per heavy atom. The zero-order valence-electron chi connectivity index (χ0n) is 15.3. The number of hydrogen-bond donors (Lipinski definition) is 0.